The van der Waals surface area contributed by atoms with Crippen LogP contribution in [0.5, 0.6) is 5.75 Å². The summed E-state index contributed by atoms with van der Waals surface area (Å²) in [6.45, 7) is 4.91. The fraction of sp³-hybridized carbons (Fsp3) is 0.292. The van der Waals surface area contributed by atoms with Gasteiger partial charge in [0.2, 0.25) is 5.91 Å². The Bertz CT molecular complexity index is 874. The second kappa shape index (κ2) is 9.94. The lowest BCUT2D eigenvalue weighted by molar-refractivity contribution is -0.118. The largest absolute Gasteiger partial charge is 0.497 e. The van der Waals surface area contributed by atoms with Crippen molar-refractivity contribution in [2.45, 2.75) is 26.4 Å². The molecule has 3 aromatic rings. The van der Waals surface area contributed by atoms with E-state index in [0.29, 0.717) is 12.5 Å². The van der Waals surface area contributed by atoms with Gasteiger partial charge in [0.25, 0.3) is 0 Å². The van der Waals surface area contributed by atoms with Gasteiger partial charge in [0.1, 0.15) is 11.5 Å². The van der Waals surface area contributed by atoms with E-state index in [9.17, 15) is 4.79 Å². The molecule has 0 radical (unpaired) electrons. The van der Waals surface area contributed by atoms with E-state index in [1.54, 1.807) is 18.3 Å². The van der Waals surface area contributed by atoms with E-state index in [2.05, 4.69) is 19.2 Å². The first-order valence-corrected chi connectivity index (χ1v) is 9.83. The van der Waals surface area contributed by atoms with E-state index < -0.39 is 0 Å². The summed E-state index contributed by atoms with van der Waals surface area (Å²) in [5, 5.41) is 3.44. The first kappa shape index (κ1) is 20.7. The maximum Gasteiger partial charge on any atom is 0.241 e. The second-order valence-electron chi connectivity index (χ2n) is 7.27. The third-order valence-corrected chi connectivity index (χ3v) is 4.88. The summed E-state index contributed by atoms with van der Waals surface area (Å²) in [7, 11) is 1.66. The van der Waals surface area contributed by atoms with E-state index in [4.69, 9.17) is 9.15 Å². The molecule has 3 rings (SSSR count). The number of hydrogen-bond acceptors (Lipinski definition) is 4. The smallest absolute Gasteiger partial charge is 0.241 e. The van der Waals surface area contributed by atoms with Crippen LogP contribution in [0.2, 0.25) is 0 Å². The highest BCUT2D eigenvalue weighted by atomic mass is 16.5. The van der Waals surface area contributed by atoms with Crippen LogP contribution in [0, 0.1) is 5.92 Å². The molecular formula is C24H28N2O3. The van der Waals surface area contributed by atoms with Crippen LogP contribution < -0.4 is 15.0 Å². The lowest BCUT2D eigenvalue weighted by Gasteiger charge is -2.26. The van der Waals surface area contributed by atoms with Crippen molar-refractivity contribution in [2.75, 3.05) is 18.6 Å². The molecule has 152 valence electrons. The number of anilines is 1. The first-order chi connectivity index (χ1) is 14.1. The van der Waals surface area contributed by atoms with Crippen LogP contribution in [0.4, 0.5) is 5.69 Å². The minimum Gasteiger partial charge on any atom is -0.497 e. The fourth-order valence-electron chi connectivity index (χ4n) is 3.33. The summed E-state index contributed by atoms with van der Waals surface area (Å²) in [6, 6.07) is 21.4. The Kier molecular flexibility index (Phi) is 7.09. The SMILES string of the molecule is COc1ccc(C(NCC(=O)N(Cc2ccco2)c2ccccc2)C(C)C)cc1. The Balaban J connectivity index is 1.73. The minimum absolute atomic E-state index is 0.00763. The van der Waals surface area contributed by atoms with Gasteiger partial charge in [0.05, 0.1) is 26.5 Å². The zero-order valence-electron chi connectivity index (χ0n) is 17.2. The molecule has 0 aliphatic heterocycles. The monoisotopic (exact) mass is 392 g/mol. The number of benzene rings is 2. The van der Waals surface area contributed by atoms with Crippen molar-refractivity contribution in [1.29, 1.82) is 0 Å². The number of carbonyl (C=O) groups excluding carboxylic acids is 1. The molecule has 0 spiro atoms. The number of furan rings is 1. The average molecular weight is 392 g/mol. The number of methoxy groups -OCH3 is 1. The van der Waals surface area contributed by atoms with Crippen molar-refractivity contribution in [3.8, 4) is 5.75 Å². The molecule has 2 aromatic carbocycles. The Hall–Kier alpha value is -3.05. The van der Waals surface area contributed by atoms with Gasteiger partial charge in [-0.3, -0.25) is 4.79 Å². The number of nitrogens with zero attached hydrogens (tertiary/aromatic N) is 1. The van der Waals surface area contributed by atoms with Gasteiger partial charge in [-0.15, -0.1) is 0 Å². The zero-order chi connectivity index (χ0) is 20.6. The molecule has 1 amide bonds. The zero-order valence-corrected chi connectivity index (χ0v) is 17.2. The van der Waals surface area contributed by atoms with Gasteiger partial charge in [-0.25, -0.2) is 0 Å². The number of nitrogens with one attached hydrogen (secondary N) is 1. The molecule has 1 unspecified atom stereocenters. The molecular weight excluding hydrogens is 364 g/mol. The van der Waals surface area contributed by atoms with Gasteiger partial charge in [-0.1, -0.05) is 44.2 Å². The highest BCUT2D eigenvalue weighted by molar-refractivity contribution is 5.94. The lowest BCUT2D eigenvalue weighted by Crippen LogP contribution is -2.40. The van der Waals surface area contributed by atoms with Crippen molar-refractivity contribution in [2.24, 2.45) is 5.92 Å². The van der Waals surface area contributed by atoms with E-state index in [1.807, 2.05) is 66.7 Å². The third kappa shape index (κ3) is 5.48. The lowest BCUT2D eigenvalue weighted by atomic mass is 9.96. The second-order valence-corrected chi connectivity index (χ2v) is 7.27. The molecule has 1 N–H and O–H groups in total. The molecule has 0 fully saturated rings. The Morgan fingerprint density at radius 2 is 1.76 bits per heavy atom. The first-order valence-electron chi connectivity index (χ1n) is 9.83. The molecule has 5 nitrogen and oxygen atoms in total. The number of para-hydroxylation sites is 1. The maximum absolute atomic E-state index is 13.1. The van der Waals surface area contributed by atoms with Crippen LogP contribution >= 0.6 is 0 Å². The van der Waals surface area contributed by atoms with Crippen molar-refractivity contribution >= 4 is 11.6 Å². The Morgan fingerprint density at radius 1 is 1.03 bits per heavy atom. The van der Waals surface area contributed by atoms with Gasteiger partial charge in [-0.2, -0.15) is 0 Å². The molecule has 0 saturated carbocycles. The summed E-state index contributed by atoms with van der Waals surface area (Å²) in [5.74, 6) is 1.89. The summed E-state index contributed by atoms with van der Waals surface area (Å²) in [4.78, 5) is 14.9. The predicted molar refractivity (Wildman–Crippen MR) is 115 cm³/mol. The molecule has 5 heteroatoms. The number of hydrogen-bond donors (Lipinski definition) is 1. The van der Waals surface area contributed by atoms with Crippen molar-refractivity contribution in [3.05, 3.63) is 84.3 Å². The predicted octanol–water partition coefficient (Wildman–Crippen LogP) is 4.81. The van der Waals surface area contributed by atoms with Crippen molar-refractivity contribution in [3.63, 3.8) is 0 Å². The number of rotatable bonds is 9. The summed E-state index contributed by atoms with van der Waals surface area (Å²) in [5.41, 5.74) is 1.98. The molecule has 1 aromatic heterocycles. The summed E-state index contributed by atoms with van der Waals surface area (Å²) < 4.78 is 10.7. The number of ether oxygens (including phenoxy) is 1. The molecule has 0 aliphatic carbocycles. The molecule has 1 heterocycles. The summed E-state index contributed by atoms with van der Waals surface area (Å²) in [6.07, 6.45) is 1.62. The number of carbonyl (C=O) groups is 1. The molecule has 0 saturated heterocycles. The minimum atomic E-state index is -0.00763. The molecule has 0 aliphatic rings. The topological polar surface area (TPSA) is 54.7 Å². The Labute approximate surface area is 172 Å². The normalized spacial score (nSPS) is 12.0. The van der Waals surface area contributed by atoms with Gasteiger partial charge in [-0.05, 0) is 47.9 Å². The van der Waals surface area contributed by atoms with Crippen LogP contribution in [0.15, 0.2) is 77.4 Å². The highest BCUT2D eigenvalue weighted by Crippen LogP contribution is 2.24. The van der Waals surface area contributed by atoms with Crippen LogP contribution in [0.25, 0.3) is 0 Å². The van der Waals surface area contributed by atoms with E-state index in [0.717, 1.165) is 22.8 Å². The van der Waals surface area contributed by atoms with Crippen molar-refractivity contribution in [1.82, 2.24) is 5.32 Å². The van der Waals surface area contributed by atoms with Crippen LogP contribution in [-0.4, -0.2) is 19.6 Å². The van der Waals surface area contributed by atoms with Crippen LogP contribution in [0.3, 0.4) is 0 Å². The van der Waals surface area contributed by atoms with Gasteiger partial charge < -0.3 is 19.4 Å². The van der Waals surface area contributed by atoms with Gasteiger partial charge >= 0.3 is 0 Å². The van der Waals surface area contributed by atoms with Gasteiger partial charge in [0, 0.05) is 11.7 Å². The van der Waals surface area contributed by atoms with Crippen LogP contribution in [0.1, 0.15) is 31.2 Å². The van der Waals surface area contributed by atoms with Crippen LogP contribution in [-0.2, 0) is 11.3 Å². The maximum atomic E-state index is 13.1. The van der Waals surface area contributed by atoms with Crippen molar-refractivity contribution < 1.29 is 13.9 Å². The molecule has 0 bridgehead atoms. The molecule has 29 heavy (non-hydrogen) atoms. The average Bonchev–Trinajstić information content (AvgIpc) is 3.26. The third-order valence-electron chi connectivity index (χ3n) is 4.88. The van der Waals surface area contributed by atoms with E-state index >= 15 is 0 Å². The fourth-order valence-corrected chi connectivity index (χ4v) is 3.33. The van der Waals surface area contributed by atoms with E-state index in [-0.39, 0.29) is 18.5 Å². The standard InChI is InChI=1S/C24H28N2O3/c1-18(2)24(19-11-13-21(28-3)14-12-19)25-16-23(27)26(17-22-10-7-15-29-22)20-8-5-4-6-9-20/h4-15,18,24-25H,16-17H2,1-3H3. The summed E-state index contributed by atoms with van der Waals surface area (Å²) >= 11 is 0. The quantitative estimate of drug-likeness (QED) is 0.568. The molecule has 1 atom stereocenters. The Morgan fingerprint density at radius 3 is 2.34 bits per heavy atom. The number of amides is 1. The highest BCUT2D eigenvalue weighted by Gasteiger charge is 2.21. The van der Waals surface area contributed by atoms with E-state index in [1.165, 1.54) is 0 Å². The van der Waals surface area contributed by atoms with Gasteiger partial charge in [0.15, 0.2) is 0 Å².